The number of carbonyl (C=O) groups is 2. The lowest BCUT2D eigenvalue weighted by Gasteiger charge is -2.18. The number of pyridine rings is 1. The summed E-state index contributed by atoms with van der Waals surface area (Å²) < 4.78 is 18.5. The van der Waals surface area contributed by atoms with Crippen molar-refractivity contribution in [3.05, 3.63) is 83.1 Å². The van der Waals surface area contributed by atoms with E-state index in [0.29, 0.717) is 57.5 Å². The van der Waals surface area contributed by atoms with Crippen molar-refractivity contribution in [3.8, 4) is 23.0 Å². The Labute approximate surface area is 209 Å². The van der Waals surface area contributed by atoms with Crippen LogP contribution in [0.15, 0.2) is 76.6 Å². The largest absolute Gasteiger partial charge is 0.486 e. The van der Waals surface area contributed by atoms with Crippen molar-refractivity contribution in [2.75, 3.05) is 19.0 Å². The third-order valence-corrected chi connectivity index (χ3v) is 6.30. The highest BCUT2D eigenvalue weighted by Gasteiger charge is 2.18. The first-order valence-corrected chi connectivity index (χ1v) is 12.1. The molecule has 10 heteroatoms. The third-order valence-electron chi connectivity index (χ3n) is 5.23. The molecule has 3 heterocycles. The Morgan fingerprint density at radius 3 is 2.37 bits per heavy atom. The van der Waals surface area contributed by atoms with Gasteiger partial charge in [0.1, 0.15) is 13.2 Å². The van der Waals surface area contributed by atoms with Crippen molar-refractivity contribution in [3.63, 3.8) is 0 Å². The summed E-state index contributed by atoms with van der Waals surface area (Å²) in [5, 5.41) is 8.97. The van der Waals surface area contributed by atoms with Crippen LogP contribution < -0.4 is 14.0 Å². The van der Waals surface area contributed by atoms with Gasteiger partial charge in [-0.2, -0.15) is 4.57 Å². The predicted octanol–water partition coefficient (Wildman–Crippen LogP) is 4.31. The molecule has 0 bridgehead atoms. The van der Waals surface area contributed by atoms with Crippen molar-refractivity contribution in [2.24, 2.45) is 0 Å². The molecule has 0 aliphatic carbocycles. The summed E-state index contributed by atoms with van der Waals surface area (Å²) in [5.74, 6) is 1.57. The number of hydrogen-bond acceptors (Lipinski definition) is 8. The summed E-state index contributed by atoms with van der Waals surface area (Å²) in [4.78, 5) is 25.0. The Morgan fingerprint density at radius 1 is 0.886 bits per heavy atom. The molecule has 0 atom stereocenters. The molecule has 0 N–H and O–H groups in total. The zero-order chi connectivity index (χ0) is 24.2. The van der Waals surface area contributed by atoms with Crippen LogP contribution in [0, 0.1) is 0 Å². The van der Waals surface area contributed by atoms with Gasteiger partial charge in [-0.1, -0.05) is 23.4 Å². The van der Waals surface area contributed by atoms with Gasteiger partial charge in [0.2, 0.25) is 18.2 Å². The van der Waals surface area contributed by atoms with Gasteiger partial charge in [0.05, 0.1) is 11.3 Å². The molecule has 0 amide bonds. The predicted molar refractivity (Wildman–Crippen MR) is 128 cm³/mol. The van der Waals surface area contributed by atoms with E-state index in [1.54, 1.807) is 71.6 Å². The van der Waals surface area contributed by atoms with E-state index in [4.69, 9.17) is 25.5 Å². The van der Waals surface area contributed by atoms with Crippen molar-refractivity contribution in [1.29, 1.82) is 0 Å². The number of hydrogen-bond donors (Lipinski definition) is 0. The first-order valence-electron chi connectivity index (χ1n) is 10.7. The molecule has 0 spiro atoms. The molecule has 0 unspecified atom stereocenters. The normalized spacial score (nSPS) is 12.4. The van der Waals surface area contributed by atoms with Crippen LogP contribution in [0.25, 0.3) is 11.5 Å². The SMILES string of the molecule is O=C(CSc1nnc(-c2cc[n+](CC(=O)c3ccc(Cl)cc3)cc2)o1)c1ccc2c(c1)OCCO2. The third kappa shape index (κ3) is 5.52. The molecule has 2 aromatic carbocycles. The lowest BCUT2D eigenvalue weighted by atomic mass is 10.1. The van der Waals surface area contributed by atoms with Crippen molar-refractivity contribution in [1.82, 2.24) is 10.2 Å². The highest BCUT2D eigenvalue weighted by atomic mass is 35.5. The van der Waals surface area contributed by atoms with Crippen LogP contribution in [0.2, 0.25) is 5.02 Å². The van der Waals surface area contributed by atoms with E-state index in [9.17, 15) is 9.59 Å². The van der Waals surface area contributed by atoms with Gasteiger partial charge in [0.25, 0.3) is 5.22 Å². The number of Topliss-reactive ketones (excluding diaryl/α,β-unsaturated/α-hetero) is 2. The van der Waals surface area contributed by atoms with Crippen molar-refractivity contribution < 1.29 is 28.0 Å². The molecule has 176 valence electrons. The minimum atomic E-state index is -0.0853. The maximum atomic E-state index is 12.6. The zero-order valence-corrected chi connectivity index (χ0v) is 19.9. The molecule has 4 aromatic rings. The van der Waals surface area contributed by atoms with Crippen LogP contribution in [0.5, 0.6) is 11.5 Å². The molecule has 0 saturated heterocycles. The summed E-state index contributed by atoms with van der Waals surface area (Å²) in [5.41, 5.74) is 1.83. The number of aromatic nitrogens is 3. The fourth-order valence-corrected chi connectivity index (χ4v) is 4.19. The number of nitrogens with zero attached hydrogens (tertiary/aromatic N) is 3. The topological polar surface area (TPSA) is 95.4 Å². The number of fused-ring (bicyclic) bond motifs is 1. The molecule has 1 aliphatic rings. The maximum Gasteiger partial charge on any atom is 0.277 e. The molecule has 0 fully saturated rings. The van der Waals surface area contributed by atoms with Crippen molar-refractivity contribution in [2.45, 2.75) is 11.8 Å². The maximum absolute atomic E-state index is 12.6. The molecule has 35 heavy (non-hydrogen) atoms. The van der Waals surface area contributed by atoms with Gasteiger partial charge in [-0.3, -0.25) is 9.59 Å². The summed E-state index contributed by atoms with van der Waals surface area (Å²) >= 11 is 7.04. The fourth-order valence-electron chi connectivity index (χ4n) is 3.41. The highest BCUT2D eigenvalue weighted by Crippen LogP contribution is 2.31. The van der Waals surface area contributed by atoms with Gasteiger partial charge in [-0.15, -0.1) is 10.2 Å². The van der Waals surface area contributed by atoms with Crippen LogP contribution in [-0.4, -0.2) is 40.7 Å². The summed E-state index contributed by atoms with van der Waals surface area (Å²) in [6.07, 6.45) is 3.54. The van der Waals surface area contributed by atoms with E-state index in [1.807, 2.05) is 0 Å². The molecule has 0 saturated carbocycles. The first-order chi connectivity index (χ1) is 17.0. The number of ketones is 2. The van der Waals surface area contributed by atoms with Crippen molar-refractivity contribution >= 4 is 34.9 Å². The number of rotatable bonds is 8. The van der Waals surface area contributed by atoms with Crippen LogP contribution in [-0.2, 0) is 6.54 Å². The molecule has 0 radical (unpaired) electrons. The lowest BCUT2D eigenvalue weighted by Crippen LogP contribution is -2.37. The minimum Gasteiger partial charge on any atom is -0.486 e. The van der Waals surface area contributed by atoms with E-state index in [1.165, 1.54) is 11.8 Å². The standard InChI is InChI=1S/C25H19ClN3O5S/c26-19-4-1-16(2-5-19)20(30)14-29-9-7-17(8-10-29)24-27-28-25(34-24)35-15-21(31)18-3-6-22-23(13-18)33-12-11-32-22/h1-10,13H,11-12,14-15H2/q+1. The number of carbonyl (C=O) groups excluding carboxylic acids is 2. The smallest absolute Gasteiger partial charge is 0.277 e. The van der Waals surface area contributed by atoms with E-state index in [2.05, 4.69) is 10.2 Å². The number of halogens is 1. The first kappa shape index (κ1) is 23.1. The molecular formula is C25H19ClN3O5S+. The second kappa shape index (κ2) is 10.3. The Balaban J connectivity index is 1.18. The Hall–Kier alpha value is -3.69. The van der Waals surface area contributed by atoms with Gasteiger partial charge in [0, 0.05) is 28.3 Å². The van der Waals surface area contributed by atoms with E-state index >= 15 is 0 Å². The fraction of sp³-hybridized carbons (Fsp3) is 0.160. The van der Waals surface area contributed by atoms with Gasteiger partial charge in [-0.25, -0.2) is 0 Å². The Morgan fingerprint density at radius 2 is 1.60 bits per heavy atom. The summed E-state index contributed by atoms with van der Waals surface area (Å²) in [6.45, 7) is 1.15. The van der Waals surface area contributed by atoms with Gasteiger partial charge < -0.3 is 13.9 Å². The average molecular weight is 509 g/mol. The number of benzene rings is 2. The van der Waals surface area contributed by atoms with Gasteiger partial charge in [0.15, 0.2) is 29.7 Å². The summed E-state index contributed by atoms with van der Waals surface area (Å²) in [6, 6.07) is 15.5. The van der Waals surface area contributed by atoms with E-state index < -0.39 is 0 Å². The Kier molecular flexibility index (Phi) is 6.78. The molecule has 1 aliphatic heterocycles. The monoisotopic (exact) mass is 508 g/mol. The number of thioether (sulfide) groups is 1. The highest BCUT2D eigenvalue weighted by molar-refractivity contribution is 7.99. The van der Waals surface area contributed by atoms with Crippen LogP contribution in [0.3, 0.4) is 0 Å². The summed E-state index contributed by atoms with van der Waals surface area (Å²) in [7, 11) is 0. The molecule has 8 nitrogen and oxygen atoms in total. The van der Waals surface area contributed by atoms with Gasteiger partial charge in [-0.05, 0) is 42.5 Å². The quantitative estimate of drug-likeness (QED) is 0.197. The second-order valence-corrected chi connectivity index (χ2v) is 9.00. The second-order valence-electron chi connectivity index (χ2n) is 7.63. The van der Waals surface area contributed by atoms with E-state index in [0.717, 1.165) is 0 Å². The Bertz CT molecular complexity index is 1370. The molecule has 2 aromatic heterocycles. The molecule has 5 rings (SSSR count). The van der Waals surface area contributed by atoms with Crippen LogP contribution in [0.1, 0.15) is 20.7 Å². The molecular weight excluding hydrogens is 490 g/mol. The van der Waals surface area contributed by atoms with Crippen LogP contribution >= 0.6 is 23.4 Å². The number of ether oxygens (including phenoxy) is 2. The average Bonchev–Trinajstić information content (AvgIpc) is 3.37. The van der Waals surface area contributed by atoms with Crippen LogP contribution in [0.4, 0.5) is 0 Å². The van der Waals surface area contributed by atoms with E-state index in [-0.39, 0.29) is 23.9 Å². The van der Waals surface area contributed by atoms with Gasteiger partial charge >= 0.3 is 0 Å². The lowest BCUT2D eigenvalue weighted by molar-refractivity contribution is -0.683. The zero-order valence-electron chi connectivity index (χ0n) is 18.3. The minimum absolute atomic E-state index is 0.0291.